The monoisotopic (exact) mass is 376 g/mol. The van der Waals surface area contributed by atoms with Gasteiger partial charge in [-0.1, -0.05) is 94.8 Å². The molecule has 3 aromatic carbocycles. The normalized spacial score (nSPS) is 11.9. The van der Waals surface area contributed by atoms with Gasteiger partial charge < -0.3 is 0 Å². The SMILES string of the molecule is N#C[C@H](NC(c1ccccc1)c1ccccc1)c1ccccc1Br. The minimum Gasteiger partial charge on any atom is -0.287 e. The van der Waals surface area contributed by atoms with Crippen molar-refractivity contribution in [2.45, 2.75) is 12.1 Å². The van der Waals surface area contributed by atoms with Gasteiger partial charge in [-0.05, 0) is 22.8 Å². The van der Waals surface area contributed by atoms with Gasteiger partial charge in [-0.25, -0.2) is 0 Å². The lowest BCUT2D eigenvalue weighted by molar-refractivity contribution is 0.558. The fraction of sp³-hybridized carbons (Fsp3) is 0.0952. The fourth-order valence-corrected chi connectivity index (χ4v) is 3.26. The van der Waals surface area contributed by atoms with E-state index in [1.54, 1.807) is 0 Å². The minimum atomic E-state index is -0.411. The summed E-state index contributed by atoms with van der Waals surface area (Å²) < 4.78 is 0.934. The zero-order valence-corrected chi connectivity index (χ0v) is 14.6. The van der Waals surface area contributed by atoms with E-state index in [2.05, 4.69) is 51.6 Å². The number of hydrogen-bond donors (Lipinski definition) is 1. The van der Waals surface area contributed by atoms with Gasteiger partial charge in [0.25, 0.3) is 0 Å². The van der Waals surface area contributed by atoms with Crippen LogP contribution in [0.4, 0.5) is 0 Å². The molecule has 0 fully saturated rings. The first-order valence-electron chi connectivity index (χ1n) is 7.79. The van der Waals surface area contributed by atoms with Crippen LogP contribution in [-0.4, -0.2) is 0 Å². The van der Waals surface area contributed by atoms with E-state index in [0.717, 1.165) is 21.2 Å². The molecule has 2 nitrogen and oxygen atoms in total. The maximum Gasteiger partial charge on any atom is 0.123 e. The van der Waals surface area contributed by atoms with Crippen molar-refractivity contribution in [2.75, 3.05) is 0 Å². The number of benzene rings is 3. The van der Waals surface area contributed by atoms with Crippen molar-refractivity contribution >= 4 is 15.9 Å². The molecule has 1 N–H and O–H groups in total. The summed E-state index contributed by atoms with van der Waals surface area (Å²) in [6.45, 7) is 0. The van der Waals surface area contributed by atoms with Crippen molar-refractivity contribution in [3.63, 3.8) is 0 Å². The largest absolute Gasteiger partial charge is 0.287 e. The number of rotatable bonds is 5. The lowest BCUT2D eigenvalue weighted by Gasteiger charge is -2.24. The summed E-state index contributed by atoms with van der Waals surface area (Å²) in [5, 5.41) is 13.2. The molecule has 0 amide bonds. The Kier molecular flexibility index (Phi) is 5.43. The van der Waals surface area contributed by atoms with Gasteiger partial charge in [-0.3, -0.25) is 5.32 Å². The Morgan fingerprint density at radius 2 is 1.25 bits per heavy atom. The van der Waals surface area contributed by atoms with E-state index in [9.17, 15) is 5.26 Å². The van der Waals surface area contributed by atoms with E-state index in [0.29, 0.717) is 0 Å². The highest BCUT2D eigenvalue weighted by molar-refractivity contribution is 9.10. The Labute approximate surface area is 150 Å². The van der Waals surface area contributed by atoms with Crippen molar-refractivity contribution in [1.29, 1.82) is 5.26 Å². The number of nitrogens with one attached hydrogen (secondary N) is 1. The maximum absolute atomic E-state index is 9.71. The molecule has 0 unspecified atom stereocenters. The number of nitriles is 1. The first kappa shape index (κ1) is 16.4. The second kappa shape index (κ2) is 7.92. The van der Waals surface area contributed by atoms with Gasteiger partial charge in [0.05, 0.1) is 12.1 Å². The Balaban J connectivity index is 1.98. The van der Waals surface area contributed by atoms with Gasteiger partial charge in [-0.15, -0.1) is 0 Å². The molecule has 0 aliphatic carbocycles. The average molecular weight is 377 g/mol. The van der Waals surface area contributed by atoms with E-state index < -0.39 is 6.04 Å². The molecule has 3 aromatic rings. The molecule has 1 atom stereocenters. The summed E-state index contributed by atoms with van der Waals surface area (Å²) in [5.41, 5.74) is 3.21. The third-order valence-electron chi connectivity index (χ3n) is 3.94. The molecule has 118 valence electrons. The fourth-order valence-electron chi connectivity index (χ4n) is 2.75. The Morgan fingerprint density at radius 3 is 1.75 bits per heavy atom. The molecule has 0 bridgehead atoms. The van der Waals surface area contributed by atoms with Crippen LogP contribution in [0, 0.1) is 11.3 Å². The van der Waals surface area contributed by atoms with Crippen molar-refractivity contribution in [2.24, 2.45) is 0 Å². The van der Waals surface area contributed by atoms with Gasteiger partial charge in [0.15, 0.2) is 0 Å². The minimum absolute atomic E-state index is 0.0517. The first-order chi connectivity index (χ1) is 11.8. The maximum atomic E-state index is 9.71. The quantitative estimate of drug-likeness (QED) is 0.647. The van der Waals surface area contributed by atoms with E-state index in [1.165, 1.54) is 0 Å². The highest BCUT2D eigenvalue weighted by Crippen LogP contribution is 2.28. The predicted molar refractivity (Wildman–Crippen MR) is 100 cm³/mol. The average Bonchev–Trinajstić information content (AvgIpc) is 2.65. The summed E-state index contributed by atoms with van der Waals surface area (Å²) >= 11 is 3.55. The molecule has 3 heteroatoms. The summed E-state index contributed by atoms with van der Waals surface area (Å²) in [5.74, 6) is 0. The van der Waals surface area contributed by atoms with E-state index >= 15 is 0 Å². The van der Waals surface area contributed by atoms with Crippen LogP contribution in [0.2, 0.25) is 0 Å². The summed E-state index contributed by atoms with van der Waals surface area (Å²) in [4.78, 5) is 0. The first-order valence-corrected chi connectivity index (χ1v) is 8.59. The molecule has 0 heterocycles. The number of nitrogens with zero attached hydrogens (tertiary/aromatic N) is 1. The van der Waals surface area contributed by atoms with Crippen LogP contribution in [-0.2, 0) is 0 Å². The predicted octanol–water partition coefficient (Wildman–Crippen LogP) is 5.39. The third kappa shape index (κ3) is 3.73. The molecule has 0 radical (unpaired) electrons. The molecule has 0 saturated heterocycles. The molecular weight excluding hydrogens is 360 g/mol. The van der Waals surface area contributed by atoms with Crippen molar-refractivity contribution < 1.29 is 0 Å². The third-order valence-corrected chi connectivity index (χ3v) is 4.67. The molecule has 0 aliphatic heterocycles. The Hall–Kier alpha value is -2.41. The van der Waals surface area contributed by atoms with Gasteiger partial charge in [-0.2, -0.15) is 5.26 Å². The number of halogens is 1. The molecule has 0 aromatic heterocycles. The molecule has 0 spiro atoms. The Morgan fingerprint density at radius 1 is 0.750 bits per heavy atom. The summed E-state index contributed by atoms with van der Waals surface area (Å²) in [6.07, 6.45) is 0. The molecule has 0 saturated carbocycles. The molecule has 24 heavy (non-hydrogen) atoms. The van der Waals surface area contributed by atoms with Gasteiger partial charge in [0, 0.05) is 4.47 Å². The zero-order valence-electron chi connectivity index (χ0n) is 13.1. The van der Waals surface area contributed by atoms with Gasteiger partial charge in [0.2, 0.25) is 0 Å². The van der Waals surface area contributed by atoms with Gasteiger partial charge in [0.1, 0.15) is 6.04 Å². The second-order valence-corrected chi connectivity index (χ2v) is 6.36. The van der Waals surface area contributed by atoms with Crippen molar-refractivity contribution in [3.8, 4) is 6.07 Å². The van der Waals surface area contributed by atoms with Crippen LogP contribution in [0.3, 0.4) is 0 Å². The smallest absolute Gasteiger partial charge is 0.123 e. The van der Waals surface area contributed by atoms with Crippen LogP contribution in [0.15, 0.2) is 89.4 Å². The van der Waals surface area contributed by atoms with Crippen LogP contribution in [0.25, 0.3) is 0 Å². The molecular formula is C21H17BrN2. The summed E-state index contributed by atoms with van der Waals surface area (Å²) in [6, 6.07) is 30.2. The van der Waals surface area contributed by atoms with Crippen LogP contribution < -0.4 is 5.32 Å². The van der Waals surface area contributed by atoms with E-state index in [4.69, 9.17) is 0 Å². The highest BCUT2D eigenvalue weighted by Gasteiger charge is 2.21. The van der Waals surface area contributed by atoms with Crippen molar-refractivity contribution in [1.82, 2.24) is 5.32 Å². The topological polar surface area (TPSA) is 35.8 Å². The lowest BCUT2D eigenvalue weighted by atomic mass is 9.96. The van der Waals surface area contributed by atoms with E-state index in [-0.39, 0.29) is 6.04 Å². The zero-order chi connectivity index (χ0) is 16.8. The summed E-state index contributed by atoms with van der Waals surface area (Å²) in [7, 11) is 0. The van der Waals surface area contributed by atoms with Crippen LogP contribution >= 0.6 is 15.9 Å². The van der Waals surface area contributed by atoms with Crippen LogP contribution in [0.5, 0.6) is 0 Å². The molecule has 3 rings (SSSR count). The highest BCUT2D eigenvalue weighted by atomic mass is 79.9. The van der Waals surface area contributed by atoms with Gasteiger partial charge >= 0.3 is 0 Å². The van der Waals surface area contributed by atoms with Crippen LogP contribution in [0.1, 0.15) is 28.8 Å². The Bertz CT molecular complexity index is 786. The standard InChI is InChI=1S/C21H17BrN2/c22-19-14-8-7-13-18(19)20(15-23)24-21(16-9-3-1-4-10-16)17-11-5-2-6-12-17/h1-14,20-21,24H/t20-/m0/s1. The van der Waals surface area contributed by atoms with Crippen molar-refractivity contribution in [3.05, 3.63) is 106 Å². The lowest BCUT2D eigenvalue weighted by Crippen LogP contribution is -2.26. The van der Waals surface area contributed by atoms with E-state index in [1.807, 2.05) is 60.7 Å². The second-order valence-electron chi connectivity index (χ2n) is 5.50. The number of hydrogen-bond acceptors (Lipinski definition) is 2. The molecule has 0 aliphatic rings.